The van der Waals surface area contributed by atoms with Crippen molar-refractivity contribution in [1.29, 1.82) is 0 Å². The zero-order chi connectivity index (χ0) is 27.6. The van der Waals surface area contributed by atoms with Gasteiger partial charge in [-0.05, 0) is 49.9 Å². The Morgan fingerprint density at radius 3 is 2.00 bits per heavy atom. The number of aromatic nitrogens is 1. The number of carboxylic acids is 2. The third-order valence-corrected chi connectivity index (χ3v) is 5.49. The van der Waals surface area contributed by atoms with Gasteiger partial charge in [-0.2, -0.15) is 26.3 Å². The first-order valence-electron chi connectivity index (χ1n) is 10.8. The summed E-state index contributed by atoms with van der Waals surface area (Å²) >= 11 is 0. The SMILES string of the molecule is C=CCN1C(=O)CCCC12CCCN(Cc1ccncc1)C2.O=C(O)C(F)(F)F.O=C(O)C(F)(F)F. The molecule has 1 amide bonds. The highest BCUT2D eigenvalue weighted by Gasteiger charge is 2.44. The molecule has 0 bridgehead atoms. The highest BCUT2D eigenvalue weighted by molar-refractivity contribution is 5.78. The van der Waals surface area contributed by atoms with E-state index in [9.17, 15) is 31.1 Å². The number of halogens is 6. The number of carbonyl (C=O) groups is 3. The lowest BCUT2D eigenvalue weighted by Crippen LogP contribution is -2.62. The Bertz CT molecular complexity index is 866. The largest absolute Gasteiger partial charge is 0.490 e. The molecule has 2 aliphatic rings. The fourth-order valence-corrected chi connectivity index (χ4v) is 4.04. The molecule has 2 aliphatic heterocycles. The average molecular weight is 527 g/mol. The maximum Gasteiger partial charge on any atom is 0.490 e. The molecule has 2 N–H and O–H groups in total. The minimum Gasteiger partial charge on any atom is -0.475 e. The maximum absolute atomic E-state index is 12.4. The minimum absolute atomic E-state index is 0.0226. The highest BCUT2D eigenvalue weighted by Crippen LogP contribution is 2.37. The summed E-state index contributed by atoms with van der Waals surface area (Å²) in [5, 5.41) is 14.2. The van der Waals surface area contributed by atoms with E-state index in [1.54, 1.807) is 0 Å². The molecule has 2 saturated heterocycles. The summed E-state index contributed by atoms with van der Waals surface area (Å²) in [5.41, 5.74) is 1.32. The van der Waals surface area contributed by atoms with Crippen molar-refractivity contribution in [2.75, 3.05) is 19.6 Å². The molecule has 2 fully saturated rings. The molecular formula is C22H27F6N3O5. The standard InChI is InChI=1S/C18H25N3O.2C2HF3O2/c1-2-12-21-17(22)5-3-8-18(21)9-4-13-20(15-18)14-16-6-10-19-11-7-16;2*3-2(4,5)1(6)7/h2,6-7,10-11H,1,3-5,8-9,12-15H2;2*(H,6,7). The van der Waals surface area contributed by atoms with E-state index in [0.717, 1.165) is 45.3 Å². The molecule has 0 aromatic carbocycles. The molecule has 0 aliphatic carbocycles. The monoisotopic (exact) mass is 527 g/mol. The summed E-state index contributed by atoms with van der Waals surface area (Å²) in [6.07, 6.45) is 0.527. The van der Waals surface area contributed by atoms with Crippen molar-refractivity contribution >= 4 is 17.8 Å². The molecular weight excluding hydrogens is 500 g/mol. The predicted molar refractivity (Wildman–Crippen MR) is 115 cm³/mol. The number of aliphatic carboxylic acids is 2. The Kier molecular flexibility index (Phi) is 11.3. The maximum atomic E-state index is 12.4. The van der Waals surface area contributed by atoms with Crippen molar-refractivity contribution in [2.45, 2.75) is 56.5 Å². The van der Waals surface area contributed by atoms with Crippen molar-refractivity contribution < 1.29 is 50.9 Å². The smallest absolute Gasteiger partial charge is 0.475 e. The zero-order valence-electron chi connectivity index (χ0n) is 19.2. The number of rotatable bonds is 4. The van der Waals surface area contributed by atoms with Crippen LogP contribution in [-0.2, 0) is 20.9 Å². The fraction of sp³-hybridized carbons (Fsp3) is 0.545. The first-order chi connectivity index (χ1) is 16.6. The Morgan fingerprint density at radius 2 is 1.53 bits per heavy atom. The van der Waals surface area contributed by atoms with E-state index in [0.29, 0.717) is 18.9 Å². The van der Waals surface area contributed by atoms with Gasteiger partial charge in [-0.25, -0.2) is 9.59 Å². The number of pyridine rings is 1. The van der Waals surface area contributed by atoms with Crippen LogP contribution in [0.1, 0.15) is 37.7 Å². The van der Waals surface area contributed by atoms with Crippen LogP contribution < -0.4 is 0 Å². The quantitative estimate of drug-likeness (QED) is 0.452. The third kappa shape index (κ3) is 9.84. The molecule has 8 nitrogen and oxygen atoms in total. The number of hydrogen-bond acceptors (Lipinski definition) is 5. The molecule has 3 heterocycles. The van der Waals surface area contributed by atoms with Crippen molar-refractivity contribution in [1.82, 2.24) is 14.8 Å². The van der Waals surface area contributed by atoms with Crippen molar-refractivity contribution in [3.63, 3.8) is 0 Å². The lowest BCUT2D eigenvalue weighted by molar-refractivity contribution is -0.193. The number of piperidine rings is 2. The number of amides is 1. The molecule has 1 aromatic rings. The predicted octanol–water partition coefficient (Wildman–Crippen LogP) is 3.88. The summed E-state index contributed by atoms with van der Waals surface area (Å²) in [7, 11) is 0. The van der Waals surface area contributed by atoms with Crippen LogP contribution in [0.4, 0.5) is 26.3 Å². The lowest BCUT2D eigenvalue weighted by atomic mass is 9.79. The highest BCUT2D eigenvalue weighted by atomic mass is 19.4. The number of carboxylic acid groups (broad SMARTS) is 2. The number of hydrogen-bond donors (Lipinski definition) is 2. The van der Waals surface area contributed by atoms with Crippen LogP contribution in [0, 0.1) is 0 Å². The molecule has 14 heteroatoms. The van der Waals surface area contributed by atoms with Gasteiger partial charge in [0.25, 0.3) is 0 Å². The van der Waals surface area contributed by atoms with E-state index in [-0.39, 0.29) is 5.54 Å². The second-order valence-corrected chi connectivity index (χ2v) is 8.15. The average Bonchev–Trinajstić information content (AvgIpc) is 2.77. The summed E-state index contributed by atoms with van der Waals surface area (Å²) in [5.74, 6) is -5.21. The van der Waals surface area contributed by atoms with Gasteiger partial charge in [0.05, 0.1) is 5.54 Å². The molecule has 36 heavy (non-hydrogen) atoms. The van der Waals surface area contributed by atoms with E-state index in [2.05, 4.69) is 33.5 Å². The van der Waals surface area contributed by atoms with Crippen LogP contribution in [-0.4, -0.2) is 80.4 Å². The summed E-state index contributed by atoms with van der Waals surface area (Å²) in [6.45, 7) is 7.56. The minimum atomic E-state index is -5.08. The number of likely N-dealkylation sites (tertiary alicyclic amines) is 2. The molecule has 1 aromatic heterocycles. The van der Waals surface area contributed by atoms with E-state index >= 15 is 0 Å². The van der Waals surface area contributed by atoms with Crippen LogP contribution in [0.3, 0.4) is 0 Å². The van der Waals surface area contributed by atoms with Gasteiger partial charge in [-0.3, -0.25) is 14.7 Å². The number of carbonyl (C=O) groups excluding carboxylic acids is 1. The van der Waals surface area contributed by atoms with E-state index in [1.165, 1.54) is 5.56 Å². The number of nitrogens with zero attached hydrogens (tertiary/aromatic N) is 3. The van der Waals surface area contributed by atoms with Gasteiger partial charge in [0.1, 0.15) is 0 Å². The van der Waals surface area contributed by atoms with E-state index in [4.69, 9.17) is 19.8 Å². The van der Waals surface area contributed by atoms with Gasteiger partial charge in [-0.15, -0.1) is 6.58 Å². The van der Waals surface area contributed by atoms with Crippen LogP contribution >= 0.6 is 0 Å². The zero-order valence-corrected chi connectivity index (χ0v) is 19.2. The Morgan fingerprint density at radius 1 is 1.03 bits per heavy atom. The molecule has 1 unspecified atom stereocenters. The van der Waals surface area contributed by atoms with Crippen LogP contribution in [0.15, 0.2) is 37.2 Å². The van der Waals surface area contributed by atoms with E-state index in [1.807, 2.05) is 18.5 Å². The third-order valence-electron chi connectivity index (χ3n) is 5.49. The summed E-state index contributed by atoms with van der Waals surface area (Å²) in [4.78, 5) is 38.8. The Balaban J connectivity index is 0.000000383. The Hall–Kier alpha value is -3.16. The van der Waals surface area contributed by atoms with Gasteiger partial charge < -0.3 is 15.1 Å². The lowest BCUT2D eigenvalue weighted by Gasteiger charge is -2.52. The summed E-state index contributed by atoms with van der Waals surface area (Å²) in [6, 6.07) is 4.16. The first kappa shape index (κ1) is 30.9. The molecule has 0 saturated carbocycles. The van der Waals surface area contributed by atoms with Gasteiger partial charge >= 0.3 is 24.3 Å². The van der Waals surface area contributed by atoms with Crippen molar-refractivity contribution in [3.05, 3.63) is 42.7 Å². The van der Waals surface area contributed by atoms with Gasteiger partial charge in [0.2, 0.25) is 5.91 Å². The van der Waals surface area contributed by atoms with Crippen LogP contribution in [0.2, 0.25) is 0 Å². The summed E-state index contributed by atoms with van der Waals surface area (Å²) < 4.78 is 63.5. The Labute approximate surface area is 203 Å². The normalized spacial score (nSPS) is 20.5. The van der Waals surface area contributed by atoms with Gasteiger partial charge in [-0.1, -0.05) is 6.08 Å². The molecule has 3 rings (SSSR count). The molecule has 1 atom stereocenters. The molecule has 0 radical (unpaired) electrons. The first-order valence-corrected chi connectivity index (χ1v) is 10.8. The topological polar surface area (TPSA) is 111 Å². The number of alkyl halides is 6. The van der Waals surface area contributed by atoms with Crippen molar-refractivity contribution in [3.8, 4) is 0 Å². The second kappa shape index (κ2) is 13.2. The molecule has 202 valence electrons. The van der Waals surface area contributed by atoms with Crippen molar-refractivity contribution in [2.24, 2.45) is 0 Å². The second-order valence-electron chi connectivity index (χ2n) is 8.15. The fourth-order valence-electron chi connectivity index (χ4n) is 4.04. The van der Waals surface area contributed by atoms with E-state index < -0.39 is 24.3 Å². The van der Waals surface area contributed by atoms with Gasteiger partial charge in [0, 0.05) is 38.4 Å². The van der Waals surface area contributed by atoms with Gasteiger partial charge in [0.15, 0.2) is 0 Å². The van der Waals surface area contributed by atoms with Crippen LogP contribution in [0.5, 0.6) is 0 Å². The van der Waals surface area contributed by atoms with Crippen LogP contribution in [0.25, 0.3) is 0 Å². The molecule has 1 spiro atoms.